The molecule has 1 heterocycles. The minimum absolute atomic E-state index is 0.245. The molecular formula is C30H48N2O2. The van der Waals surface area contributed by atoms with Gasteiger partial charge in [0.2, 0.25) is 0 Å². The van der Waals surface area contributed by atoms with E-state index in [1.807, 2.05) is 43.3 Å². The number of nitrogens with one attached hydrogen (secondary N) is 1. The zero-order valence-corrected chi connectivity index (χ0v) is 22.9. The topological polar surface area (TPSA) is 66.0 Å². The number of phenols is 1. The molecule has 4 heteroatoms. The molecule has 2 aromatic carbocycles. The molecule has 3 aromatic rings. The van der Waals surface area contributed by atoms with E-state index in [9.17, 15) is 9.90 Å². The standard InChI is InChI=1S/C14H12N2O.C7H14O.C5H12.C4H10/c1-9-6-7-13(17)10(8-9)14-15-11-4-2-3-5-12(11)16-14;1-4-7(5-2)6(3)8;1-3-5-4-2;1-3-4-2/h2-8,17H,1H3,(H,15,16);7H,4-5H2,1-3H3;3-5H2,1-2H3;3-4H2,1-2H3. The Hall–Kier alpha value is -2.62. The van der Waals surface area contributed by atoms with Gasteiger partial charge < -0.3 is 10.1 Å². The van der Waals surface area contributed by atoms with E-state index in [1.165, 1.54) is 32.1 Å². The number of fused-ring (bicyclic) bond motifs is 1. The molecule has 0 aliphatic rings. The lowest BCUT2D eigenvalue weighted by Crippen LogP contribution is -2.07. The minimum atomic E-state index is 0.245. The van der Waals surface area contributed by atoms with E-state index >= 15 is 0 Å². The highest BCUT2D eigenvalue weighted by atomic mass is 16.3. The van der Waals surface area contributed by atoms with Crippen LogP contribution in [-0.2, 0) is 4.79 Å². The summed E-state index contributed by atoms with van der Waals surface area (Å²) in [6.45, 7) is 16.5. The number of carbonyl (C=O) groups excluding carboxylic acids is 1. The van der Waals surface area contributed by atoms with Crippen LogP contribution in [0.15, 0.2) is 42.5 Å². The van der Waals surface area contributed by atoms with Gasteiger partial charge in [-0.3, -0.25) is 4.79 Å². The molecule has 0 aliphatic heterocycles. The van der Waals surface area contributed by atoms with Crippen LogP contribution in [0.25, 0.3) is 22.4 Å². The number of aromatic amines is 1. The summed E-state index contributed by atoms with van der Waals surface area (Å²) in [4.78, 5) is 18.3. The van der Waals surface area contributed by atoms with E-state index < -0.39 is 0 Å². The number of carbonyl (C=O) groups is 1. The summed E-state index contributed by atoms with van der Waals surface area (Å²) in [7, 11) is 0. The van der Waals surface area contributed by atoms with Crippen molar-refractivity contribution in [2.75, 3.05) is 0 Å². The molecule has 34 heavy (non-hydrogen) atoms. The largest absolute Gasteiger partial charge is 0.507 e. The van der Waals surface area contributed by atoms with Gasteiger partial charge in [-0.05, 0) is 51.0 Å². The highest BCUT2D eigenvalue weighted by Gasteiger charge is 2.09. The van der Waals surface area contributed by atoms with Gasteiger partial charge in [0.05, 0.1) is 16.6 Å². The van der Waals surface area contributed by atoms with Gasteiger partial charge in [0.1, 0.15) is 17.4 Å². The van der Waals surface area contributed by atoms with Crippen molar-refractivity contribution in [3.8, 4) is 17.1 Å². The van der Waals surface area contributed by atoms with Gasteiger partial charge in [0.25, 0.3) is 0 Å². The van der Waals surface area contributed by atoms with Gasteiger partial charge >= 0.3 is 0 Å². The Kier molecular flexibility index (Phi) is 17.3. The smallest absolute Gasteiger partial charge is 0.142 e. The summed E-state index contributed by atoms with van der Waals surface area (Å²) < 4.78 is 0. The number of aromatic hydroxyl groups is 1. The quantitative estimate of drug-likeness (QED) is 0.363. The van der Waals surface area contributed by atoms with Crippen molar-refractivity contribution in [3.05, 3.63) is 48.0 Å². The number of unbranched alkanes of at least 4 members (excludes halogenated alkanes) is 3. The number of ketones is 1. The highest BCUT2D eigenvalue weighted by molar-refractivity contribution is 5.80. The number of imidazole rings is 1. The number of hydrogen-bond donors (Lipinski definition) is 2. The van der Waals surface area contributed by atoms with Crippen LogP contribution in [0.1, 0.15) is 99.0 Å². The molecule has 2 N–H and O–H groups in total. The van der Waals surface area contributed by atoms with Gasteiger partial charge in [-0.1, -0.05) is 97.4 Å². The molecule has 4 nitrogen and oxygen atoms in total. The molecular weight excluding hydrogens is 420 g/mol. The molecule has 3 rings (SSSR count). The van der Waals surface area contributed by atoms with Crippen molar-refractivity contribution in [2.24, 2.45) is 5.92 Å². The number of para-hydroxylation sites is 2. The second-order valence-electron chi connectivity index (χ2n) is 8.60. The predicted octanol–water partition coefficient (Wildman–Crippen LogP) is 9.26. The van der Waals surface area contributed by atoms with E-state index in [2.05, 4.69) is 51.5 Å². The molecule has 0 atom stereocenters. The van der Waals surface area contributed by atoms with Gasteiger partial charge in [-0.2, -0.15) is 0 Å². The first-order valence-corrected chi connectivity index (χ1v) is 13.0. The van der Waals surface area contributed by atoms with Gasteiger partial charge in [-0.15, -0.1) is 0 Å². The minimum Gasteiger partial charge on any atom is -0.507 e. The third-order valence-corrected chi connectivity index (χ3v) is 5.56. The van der Waals surface area contributed by atoms with Crippen molar-refractivity contribution in [1.82, 2.24) is 9.97 Å². The molecule has 0 saturated heterocycles. The highest BCUT2D eigenvalue weighted by Crippen LogP contribution is 2.29. The maximum atomic E-state index is 10.6. The zero-order chi connectivity index (χ0) is 25.9. The maximum absolute atomic E-state index is 10.6. The van der Waals surface area contributed by atoms with Crippen molar-refractivity contribution in [2.45, 2.75) is 100 Å². The second-order valence-corrected chi connectivity index (χ2v) is 8.60. The van der Waals surface area contributed by atoms with Crippen LogP contribution in [0, 0.1) is 12.8 Å². The third-order valence-electron chi connectivity index (χ3n) is 5.56. The fourth-order valence-corrected chi connectivity index (χ4v) is 3.14. The van der Waals surface area contributed by atoms with Gasteiger partial charge in [0, 0.05) is 5.92 Å². The number of phenolic OH excluding ortho intramolecular Hbond substituents is 1. The Morgan fingerprint density at radius 2 is 1.50 bits per heavy atom. The van der Waals surface area contributed by atoms with Crippen LogP contribution in [0.2, 0.25) is 0 Å². The number of benzene rings is 2. The Morgan fingerprint density at radius 1 is 0.912 bits per heavy atom. The summed E-state index contributed by atoms with van der Waals surface area (Å²) in [6, 6.07) is 13.3. The molecule has 0 fully saturated rings. The number of aromatic nitrogens is 2. The summed E-state index contributed by atoms with van der Waals surface area (Å²) in [5, 5.41) is 9.85. The average Bonchev–Trinajstić information content (AvgIpc) is 3.27. The number of hydrogen-bond acceptors (Lipinski definition) is 3. The molecule has 0 saturated carbocycles. The number of rotatable bonds is 7. The van der Waals surface area contributed by atoms with Crippen molar-refractivity contribution < 1.29 is 9.90 Å². The lowest BCUT2D eigenvalue weighted by molar-refractivity contribution is -0.120. The summed E-state index contributed by atoms with van der Waals surface area (Å²) in [5.74, 6) is 1.59. The maximum Gasteiger partial charge on any atom is 0.142 e. The molecule has 0 spiro atoms. The van der Waals surface area contributed by atoms with Crippen molar-refractivity contribution in [1.29, 1.82) is 0 Å². The molecule has 0 unspecified atom stereocenters. The summed E-state index contributed by atoms with van der Waals surface area (Å²) in [5.41, 5.74) is 3.71. The molecule has 0 radical (unpaired) electrons. The van der Waals surface area contributed by atoms with Crippen LogP contribution >= 0.6 is 0 Å². The van der Waals surface area contributed by atoms with E-state index in [-0.39, 0.29) is 5.75 Å². The normalized spacial score (nSPS) is 9.91. The molecule has 1 aromatic heterocycles. The van der Waals surface area contributed by atoms with Crippen LogP contribution in [-0.4, -0.2) is 20.9 Å². The molecule has 0 aliphatic carbocycles. The van der Waals surface area contributed by atoms with E-state index in [0.29, 0.717) is 17.5 Å². The molecule has 0 bridgehead atoms. The van der Waals surface area contributed by atoms with Crippen molar-refractivity contribution >= 4 is 16.8 Å². The second kappa shape index (κ2) is 18.8. The fraction of sp³-hybridized carbons (Fsp3) is 0.533. The SMILES string of the molecule is CCC(CC)C(C)=O.CCCC.CCCCC.Cc1ccc(O)c(-c2nc3ccccc3[nH]2)c1. The Labute approximate surface area is 208 Å². The van der Waals surface area contributed by atoms with Crippen LogP contribution in [0.4, 0.5) is 0 Å². The Balaban J connectivity index is 0.000000536. The average molecular weight is 469 g/mol. The van der Waals surface area contributed by atoms with Crippen molar-refractivity contribution in [3.63, 3.8) is 0 Å². The van der Waals surface area contributed by atoms with E-state index in [0.717, 1.165) is 35.0 Å². The summed E-state index contributed by atoms with van der Waals surface area (Å²) >= 11 is 0. The monoisotopic (exact) mass is 468 g/mol. The van der Waals surface area contributed by atoms with Crippen LogP contribution < -0.4 is 0 Å². The van der Waals surface area contributed by atoms with Crippen LogP contribution in [0.5, 0.6) is 5.75 Å². The van der Waals surface area contributed by atoms with Gasteiger partial charge in [0.15, 0.2) is 0 Å². The first-order valence-electron chi connectivity index (χ1n) is 13.0. The van der Waals surface area contributed by atoms with Crippen LogP contribution in [0.3, 0.4) is 0 Å². The first kappa shape index (κ1) is 31.4. The zero-order valence-electron chi connectivity index (χ0n) is 22.9. The van der Waals surface area contributed by atoms with Gasteiger partial charge in [-0.25, -0.2) is 4.98 Å². The first-order chi connectivity index (χ1) is 16.3. The third kappa shape index (κ3) is 12.0. The van der Waals surface area contributed by atoms with E-state index in [1.54, 1.807) is 13.0 Å². The fourth-order valence-electron chi connectivity index (χ4n) is 3.14. The number of aryl methyl sites for hydroxylation is 1. The van der Waals surface area contributed by atoms with E-state index in [4.69, 9.17) is 0 Å². The number of Topliss-reactive ketones (excluding diaryl/α,β-unsaturated/α-hetero) is 1. The number of nitrogens with zero attached hydrogens (tertiary/aromatic N) is 1. The number of H-pyrrole nitrogens is 1. The predicted molar refractivity (Wildman–Crippen MR) is 148 cm³/mol. The summed E-state index contributed by atoms with van der Waals surface area (Å²) in [6.07, 6.45) is 8.70. The molecule has 0 amide bonds. The lowest BCUT2D eigenvalue weighted by atomic mass is 10.00. The Bertz CT molecular complexity index is 889. The molecule has 190 valence electrons. The lowest BCUT2D eigenvalue weighted by Gasteiger charge is -2.04. The Morgan fingerprint density at radius 3 is 1.91 bits per heavy atom.